The van der Waals surface area contributed by atoms with Crippen LogP contribution in [0, 0.1) is 17.7 Å². The lowest BCUT2D eigenvalue weighted by Gasteiger charge is -2.41. The summed E-state index contributed by atoms with van der Waals surface area (Å²) < 4.78 is 20.1. The van der Waals surface area contributed by atoms with Crippen molar-refractivity contribution in [1.82, 2.24) is 34.7 Å². The van der Waals surface area contributed by atoms with E-state index in [9.17, 15) is 23.6 Å². The number of carbonyl (C=O) groups excluding carboxylic acids is 3. The van der Waals surface area contributed by atoms with E-state index in [-0.39, 0.29) is 28.9 Å². The van der Waals surface area contributed by atoms with Crippen molar-refractivity contribution in [2.75, 3.05) is 91.8 Å². The lowest BCUT2D eigenvalue weighted by atomic mass is 9.95. The van der Waals surface area contributed by atoms with Gasteiger partial charge in [-0.05, 0) is 55.6 Å². The summed E-state index contributed by atoms with van der Waals surface area (Å²) in [5.41, 5.74) is 7.22. The number of nitrogens with one attached hydrogen (secondary N) is 1. The molecule has 51 heavy (non-hydrogen) atoms. The minimum absolute atomic E-state index is 0.0112. The molecule has 0 saturated carbocycles. The lowest BCUT2D eigenvalue weighted by molar-refractivity contribution is -0.141. The monoisotopic (exact) mass is 702 g/mol. The van der Waals surface area contributed by atoms with Gasteiger partial charge in [-0.25, -0.2) is 9.49 Å². The number of rotatable bonds is 9. The van der Waals surface area contributed by atoms with Crippen LogP contribution < -0.4 is 11.3 Å². The van der Waals surface area contributed by atoms with Gasteiger partial charge < -0.3 is 25.2 Å². The Morgan fingerprint density at radius 1 is 0.863 bits per heavy atom. The second-order valence-corrected chi connectivity index (χ2v) is 14.4. The van der Waals surface area contributed by atoms with E-state index in [0.717, 1.165) is 45.6 Å². The van der Waals surface area contributed by atoms with Crippen LogP contribution in [0.25, 0.3) is 10.8 Å². The van der Waals surface area contributed by atoms with Crippen molar-refractivity contribution in [3.63, 3.8) is 0 Å². The summed E-state index contributed by atoms with van der Waals surface area (Å²) in [6.45, 7) is 8.87. The van der Waals surface area contributed by atoms with Gasteiger partial charge in [0.05, 0.1) is 42.4 Å². The number of hydrogen-bond donors (Lipinski definition) is 2. The van der Waals surface area contributed by atoms with Crippen LogP contribution >= 0.6 is 0 Å². The van der Waals surface area contributed by atoms with Crippen LogP contribution in [-0.4, -0.2) is 150 Å². The first-order chi connectivity index (χ1) is 24.7. The number of ether oxygens (including phenoxy) is 1. The molecule has 4 aliphatic rings. The zero-order valence-corrected chi connectivity index (χ0v) is 29.0. The Balaban J connectivity index is 0.839. The summed E-state index contributed by atoms with van der Waals surface area (Å²) in [4.78, 5) is 61.6. The van der Waals surface area contributed by atoms with Crippen LogP contribution in [0.1, 0.15) is 34.5 Å². The third-order valence-corrected chi connectivity index (χ3v) is 11.1. The fourth-order valence-corrected chi connectivity index (χ4v) is 7.68. The van der Waals surface area contributed by atoms with Gasteiger partial charge >= 0.3 is 0 Å². The number of nitrogens with two attached hydrogens (primary N) is 1. The quantitative estimate of drug-likeness (QED) is 0.330. The van der Waals surface area contributed by atoms with Gasteiger partial charge in [0.15, 0.2) is 0 Å². The summed E-state index contributed by atoms with van der Waals surface area (Å²) in [6, 6.07) is 11.2. The molecule has 7 rings (SSSR count). The molecule has 0 radical (unpaired) electrons. The van der Waals surface area contributed by atoms with Crippen LogP contribution in [0.3, 0.4) is 0 Å². The van der Waals surface area contributed by atoms with E-state index in [1.807, 2.05) is 17.0 Å². The topological polar surface area (TPSA) is 148 Å². The maximum absolute atomic E-state index is 14.9. The lowest BCUT2D eigenvalue weighted by Crippen LogP contribution is -2.58. The van der Waals surface area contributed by atoms with Crippen molar-refractivity contribution in [2.24, 2.45) is 17.6 Å². The molecule has 5 heterocycles. The van der Waals surface area contributed by atoms with E-state index in [4.69, 9.17) is 10.5 Å². The molecule has 14 heteroatoms. The molecule has 1 atom stereocenters. The molecule has 3 amide bonds. The Bertz CT molecular complexity index is 1790. The first-order valence-electron chi connectivity index (χ1n) is 18.1. The van der Waals surface area contributed by atoms with Gasteiger partial charge in [0, 0.05) is 76.6 Å². The molecule has 0 aliphatic carbocycles. The highest BCUT2D eigenvalue weighted by Crippen LogP contribution is 2.22. The summed E-state index contributed by atoms with van der Waals surface area (Å²) in [6.07, 6.45) is 2.38. The Morgan fingerprint density at radius 2 is 1.53 bits per heavy atom. The molecular weight excluding hydrogens is 655 g/mol. The van der Waals surface area contributed by atoms with Crippen molar-refractivity contribution in [1.29, 1.82) is 0 Å². The summed E-state index contributed by atoms with van der Waals surface area (Å²) in [5, 5.41) is 7.98. The minimum Gasteiger partial charge on any atom is -0.381 e. The molecule has 4 aliphatic heterocycles. The number of halogens is 1. The number of piperidine rings is 1. The SMILES string of the molecule is NC(C(=O)N1CCN(CC2CCN(CC(=O)N3CCN(C(=O)c4cc(Cc5n[nH]c(=O)c6ccccc56)ccc4F)CC3)CC2)CC1)C1COC1. The van der Waals surface area contributed by atoms with Crippen LogP contribution in [0.15, 0.2) is 47.3 Å². The molecule has 13 nitrogen and oxygen atoms in total. The molecule has 4 fully saturated rings. The van der Waals surface area contributed by atoms with Gasteiger partial charge in [-0.15, -0.1) is 0 Å². The molecule has 0 spiro atoms. The predicted octanol–water partition coefficient (Wildman–Crippen LogP) is 0.767. The minimum atomic E-state index is -0.595. The first kappa shape index (κ1) is 35.2. The third-order valence-electron chi connectivity index (χ3n) is 11.1. The number of piperazine rings is 2. The second kappa shape index (κ2) is 15.6. The zero-order chi connectivity index (χ0) is 35.5. The maximum Gasteiger partial charge on any atom is 0.272 e. The molecule has 0 bridgehead atoms. The average Bonchev–Trinajstić information content (AvgIpc) is 3.13. The molecule has 3 N–H and O–H groups in total. The molecule has 1 aromatic heterocycles. The number of nitrogens with zero attached hydrogens (tertiary/aromatic N) is 6. The van der Waals surface area contributed by atoms with Crippen molar-refractivity contribution in [2.45, 2.75) is 25.3 Å². The van der Waals surface area contributed by atoms with Crippen molar-refractivity contribution < 1.29 is 23.5 Å². The molecular formula is C37H47FN8O5. The second-order valence-electron chi connectivity index (χ2n) is 14.4. The smallest absolute Gasteiger partial charge is 0.272 e. The summed E-state index contributed by atoms with van der Waals surface area (Å²) in [5.74, 6) is -0.190. The molecule has 272 valence electrons. The van der Waals surface area contributed by atoms with E-state index in [1.165, 1.54) is 6.07 Å². The van der Waals surface area contributed by atoms with Gasteiger partial charge in [0.2, 0.25) is 11.8 Å². The van der Waals surface area contributed by atoms with Crippen LogP contribution in [-0.2, 0) is 20.7 Å². The molecule has 1 unspecified atom stereocenters. The van der Waals surface area contributed by atoms with E-state index in [0.29, 0.717) is 93.4 Å². The normalized spacial score (nSPS) is 20.4. The predicted molar refractivity (Wildman–Crippen MR) is 189 cm³/mol. The number of benzene rings is 2. The number of aromatic nitrogens is 2. The van der Waals surface area contributed by atoms with Gasteiger partial charge in [-0.1, -0.05) is 24.3 Å². The number of amides is 3. The number of H-pyrrole nitrogens is 1. The standard InChI is InChI=1S/C37H47FN8O5/c38-31-6-5-26(20-32-28-3-1-2-4-29(28)35(48)41-40-32)19-30(31)36(49)45-17-15-44(16-18-45)33(47)22-42-9-7-25(8-10-42)21-43-11-13-46(14-12-43)37(50)34(39)27-23-51-24-27/h1-6,19,25,27,34H,7-18,20-24,39H2,(H,41,48). The number of fused-ring (bicyclic) bond motifs is 1. The van der Waals surface area contributed by atoms with Crippen LogP contribution in [0.4, 0.5) is 4.39 Å². The number of aromatic amines is 1. The van der Waals surface area contributed by atoms with E-state index in [2.05, 4.69) is 20.0 Å². The van der Waals surface area contributed by atoms with E-state index < -0.39 is 17.8 Å². The zero-order valence-electron chi connectivity index (χ0n) is 29.0. The highest BCUT2D eigenvalue weighted by atomic mass is 19.1. The fraction of sp³-hybridized carbons (Fsp3) is 0.541. The average molecular weight is 703 g/mol. The first-order valence-corrected chi connectivity index (χ1v) is 18.1. The molecule has 3 aromatic rings. The Hall–Kier alpha value is -4.24. The Labute approximate surface area is 296 Å². The van der Waals surface area contributed by atoms with E-state index >= 15 is 0 Å². The Kier molecular flexibility index (Phi) is 10.7. The number of likely N-dealkylation sites (tertiary alicyclic amines) is 1. The largest absolute Gasteiger partial charge is 0.381 e. The van der Waals surface area contributed by atoms with Gasteiger partial charge in [0.25, 0.3) is 11.5 Å². The van der Waals surface area contributed by atoms with Gasteiger partial charge in [-0.3, -0.25) is 29.0 Å². The summed E-state index contributed by atoms with van der Waals surface area (Å²) in [7, 11) is 0. The Morgan fingerprint density at radius 3 is 2.22 bits per heavy atom. The fourth-order valence-electron chi connectivity index (χ4n) is 7.68. The maximum atomic E-state index is 14.9. The van der Waals surface area contributed by atoms with E-state index in [1.54, 1.807) is 34.1 Å². The van der Waals surface area contributed by atoms with Crippen LogP contribution in [0.5, 0.6) is 0 Å². The van der Waals surface area contributed by atoms with Crippen molar-refractivity contribution >= 4 is 28.5 Å². The van der Waals surface area contributed by atoms with Crippen molar-refractivity contribution in [3.8, 4) is 0 Å². The summed E-state index contributed by atoms with van der Waals surface area (Å²) >= 11 is 0. The van der Waals surface area contributed by atoms with Gasteiger partial charge in [-0.2, -0.15) is 5.10 Å². The number of hydrogen-bond acceptors (Lipinski definition) is 9. The highest BCUT2D eigenvalue weighted by Gasteiger charge is 2.35. The molecule has 4 saturated heterocycles. The third kappa shape index (κ3) is 7.98. The number of carbonyl (C=O) groups is 3. The molecule has 2 aromatic carbocycles. The van der Waals surface area contributed by atoms with Crippen LogP contribution in [0.2, 0.25) is 0 Å². The van der Waals surface area contributed by atoms with Crippen molar-refractivity contribution in [3.05, 3.63) is 75.5 Å². The van der Waals surface area contributed by atoms with Gasteiger partial charge in [0.1, 0.15) is 5.82 Å². The highest BCUT2D eigenvalue weighted by molar-refractivity contribution is 5.95.